The van der Waals surface area contributed by atoms with Gasteiger partial charge in [0.25, 0.3) is 11.7 Å². The summed E-state index contributed by atoms with van der Waals surface area (Å²) in [6, 6.07) is 14.3. The predicted octanol–water partition coefficient (Wildman–Crippen LogP) is 5.33. The van der Waals surface area contributed by atoms with Crippen LogP contribution in [-0.4, -0.2) is 28.8 Å². The van der Waals surface area contributed by atoms with Gasteiger partial charge in [-0.25, -0.2) is 0 Å². The second-order valence-corrected chi connectivity index (χ2v) is 8.20. The van der Waals surface area contributed by atoms with Crippen molar-refractivity contribution in [2.45, 2.75) is 12.6 Å². The molecular weight excluding hydrogens is 486 g/mol. The zero-order valence-corrected chi connectivity index (χ0v) is 18.7. The first-order valence-corrected chi connectivity index (χ1v) is 10.5. The summed E-state index contributed by atoms with van der Waals surface area (Å²) in [4.78, 5) is 27.3. The molecule has 1 fully saturated rings. The third kappa shape index (κ3) is 3.98. The molecule has 3 aromatic rings. The van der Waals surface area contributed by atoms with Gasteiger partial charge in [-0.1, -0.05) is 23.7 Å². The third-order valence-corrected chi connectivity index (χ3v) is 5.93. The third-order valence-electron chi connectivity index (χ3n) is 5.06. The summed E-state index contributed by atoms with van der Waals surface area (Å²) in [7, 11) is 1.53. The number of carbonyl (C=O) groups is 2. The molecule has 4 rings (SSSR count). The molecule has 2 heterocycles. The Balaban J connectivity index is 1.86. The molecule has 31 heavy (non-hydrogen) atoms. The number of Topliss-reactive ketones (excluding diaryl/α,β-unsaturated/α-hetero) is 1. The van der Waals surface area contributed by atoms with Crippen LogP contribution in [0.3, 0.4) is 0 Å². The summed E-state index contributed by atoms with van der Waals surface area (Å²) in [5.74, 6) is -0.665. The van der Waals surface area contributed by atoms with Crippen molar-refractivity contribution in [2.75, 3.05) is 7.11 Å². The zero-order valence-electron chi connectivity index (χ0n) is 16.3. The highest BCUT2D eigenvalue weighted by Crippen LogP contribution is 2.41. The molecule has 0 saturated carbocycles. The van der Waals surface area contributed by atoms with E-state index in [4.69, 9.17) is 20.8 Å². The number of aliphatic hydroxyl groups is 1. The smallest absolute Gasteiger partial charge is 0.296 e. The second kappa shape index (κ2) is 8.61. The van der Waals surface area contributed by atoms with Gasteiger partial charge in [0.1, 0.15) is 17.3 Å². The predicted molar refractivity (Wildman–Crippen MR) is 119 cm³/mol. The van der Waals surface area contributed by atoms with Gasteiger partial charge < -0.3 is 19.2 Å². The fourth-order valence-electron chi connectivity index (χ4n) is 3.57. The monoisotopic (exact) mass is 501 g/mol. The fourth-order valence-corrected chi connectivity index (χ4v) is 4.24. The topological polar surface area (TPSA) is 80.0 Å². The minimum Gasteiger partial charge on any atom is -0.507 e. The minimum absolute atomic E-state index is 0.00375. The van der Waals surface area contributed by atoms with Gasteiger partial charge in [-0.05, 0) is 64.0 Å². The highest BCUT2D eigenvalue weighted by Gasteiger charge is 2.46. The lowest BCUT2D eigenvalue weighted by molar-refractivity contribution is -0.140. The molecule has 2 aromatic carbocycles. The lowest BCUT2D eigenvalue weighted by Gasteiger charge is -2.24. The minimum atomic E-state index is -0.803. The summed E-state index contributed by atoms with van der Waals surface area (Å²) in [6.45, 7) is 0.0773. The van der Waals surface area contributed by atoms with Crippen molar-refractivity contribution in [3.63, 3.8) is 0 Å². The van der Waals surface area contributed by atoms with E-state index in [-0.39, 0.29) is 17.9 Å². The van der Waals surface area contributed by atoms with Crippen LogP contribution in [0.15, 0.2) is 75.3 Å². The van der Waals surface area contributed by atoms with Crippen LogP contribution in [-0.2, 0) is 16.1 Å². The number of nitrogens with zero attached hydrogens (tertiary/aromatic N) is 1. The standard InChI is InChI=1S/C23H17BrClNO5/c1-30-18-9-6-14(11-17(18)24)21(27)19-20(13-4-7-15(25)8-5-13)26(23(29)22(19)28)12-16-3-2-10-31-16/h2-11,20,27H,12H2,1H3/b21-19-. The molecule has 0 aliphatic carbocycles. The molecule has 1 unspecified atom stereocenters. The number of hydrogen-bond acceptors (Lipinski definition) is 5. The molecule has 0 spiro atoms. The van der Waals surface area contributed by atoms with Gasteiger partial charge in [0.2, 0.25) is 0 Å². The van der Waals surface area contributed by atoms with Crippen LogP contribution in [0.4, 0.5) is 0 Å². The maximum Gasteiger partial charge on any atom is 0.296 e. The average Bonchev–Trinajstić information content (AvgIpc) is 3.36. The van der Waals surface area contributed by atoms with Crippen LogP contribution < -0.4 is 4.74 Å². The van der Waals surface area contributed by atoms with Gasteiger partial charge in [0, 0.05) is 10.6 Å². The van der Waals surface area contributed by atoms with E-state index >= 15 is 0 Å². The molecule has 0 bridgehead atoms. The highest BCUT2D eigenvalue weighted by molar-refractivity contribution is 9.10. The Hall–Kier alpha value is -3.03. The Bertz CT molecular complexity index is 1170. The summed E-state index contributed by atoms with van der Waals surface area (Å²) in [5, 5.41) is 11.6. The first-order chi connectivity index (χ1) is 14.9. The SMILES string of the molecule is COc1ccc(/C(O)=C2/C(=O)C(=O)N(Cc3ccco3)C2c2ccc(Cl)cc2)cc1Br. The number of halogens is 2. The molecule has 1 atom stereocenters. The number of hydrogen-bond donors (Lipinski definition) is 1. The lowest BCUT2D eigenvalue weighted by atomic mass is 9.95. The van der Waals surface area contributed by atoms with E-state index in [0.717, 1.165) is 0 Å². The highest BCUT2D eigenvalue weighted by atomic mass is 79.9. The lowest BCUT2D eigenvalue weighted by Crippen LogP contribution is -2.29. The summed E-state index contributed by atoms with van der Waals surface area (Å²) in [6.07, 6.45) is 1.50. The number of amides is 1. The van der Waals surface area contributed by atoms with Gasteiger partial charge >= 0.3 is 0 Å². The number of aliphatic hydroxyl groups excluding tert-OH is 1. The van der Waals surface area contributed by atoms with Crippen molar-refractivity contribution in [3.05, 3.63) is 92.8 Å². The van der Waals surface area contributed by atoms with E-state index in [1.165, 1.54) is 18.3 Å². The summed E-state index contributed by atoms with van der Waals surface area (Å²) in [5.41, 5.74) is 1.02. The van der Waals surface area contributed by atoms with E-state index in [0.29, 0.717) is 32.1 Å². The Morgan fingerprint density at radius 2 is 1.94 bits per heavy atom. The van der Waals surface area contributed by atoms with Crippen molar-refractivity contribution >= 4 is 45.0 Å². The van der Waals surface area contributed by atoms with E-state index in [1.807, 2.05) is 0 Å². The first kappa shape index (κ1) is 21.2. The van der Waals surface area contributed by atoms with Crippen LogP contribution in [0.5, 0.6) is 5.75 Å². The molecule has 6 nitrogen and oxygen atoms in total. The van der Waals surface area contributed by atoms with Crippen molar-refractivity contribution in [1.82, 2.24) is 4.90 Å². The van der Waals surface area contributed by atoms with Gasteiger partial charge in [0.05, 0.1) is 36.0 Å². The number of ether oxygens (including phenoxy) is 1. The van der Waals surface area contributed by atoms with E-state index in [2.05, 4.69) is 15.9 Å². The largest absolute Gasteiger partial charge is 0.507 e. The number of likely N-dealkylation sites (tertiary alicyclic amines) is 1. The van der Waals surface area contributed by atoms with Crippen LogP contribution in [0, 0.1) is 0 Å². The molecular formula is C23H17BrClNO5. The number of carbonyl (C=O) groups excluding carboxylic acids is 2. The van der Waals surface area contributed by atoms with E-state index in [1.54, 1.807) is 54.6 Å². The maximum atomic E-state index is 13.0. The Labute approximate surface area is 191 Å². The Morgan fingerprint density at radius 3 is 2.55 bits per heavy atom. The molecule has 1 aromatic heterocycles. The van der Waals surface area contributed by atoms with Gasteiger partial charge in [-0.3, -0.25) is 9.59 Å². The molecule has 1 N–H and O–H groups in total. The van der Waals surface area contributed by atoms with Gasteiger partial charge in [-0.15, -0.1) is 0 Å². The van der Waals surface area contributed by atoms with Gasteiger partial charge in [0.15, 0.2) is 0 Å². The van der Waals surface area contributed by atoms with Crippen molar-refractivity contribution in [3.8, 4) is 5.75 Å². The van der Waals surface area contributed by atoms with Gasteiger partial charge in [-0.2, -0.15) is 0 Å². The molecule has 1 aliphatic heterocycles. The quantitative estimate of drug-likeness (QED) is 0.290. The zero-order chi connectivity index (χ0) is 22.1. The number of benzene rings is 2. The molecule has 8 heteroatoms. The van der Waals surface area contributed by atoms with E-state index < -0.39 is 17.7 Å². The molecule has 0 radical (unpaired) electrons. The fraction of sp³-hybridized carbons (Fsp3) is 0.130. The van der Waals surface area contributed by atoms with Crippen molar-refractivity contribution in [1.29, 1.82) is 0 Å². The average molecular weight is 503 g/mol. The summed E-state index contributed by atoms with van der Waals surface area (Å²) < 4.78 is 11.2. The normalized spacial score (nSPS) is 17.9. The maximum absolute atomic E-state index is 13.0. The van der Waals surface area contributed by atoms with Crippen LogP contribution in [0.25, 0.3) is 5.76 Å². The first-order valence-electron chi connectivity index (χ1n) is 9.31. The molecule has 158 valence electrons. The number of ketones is 1. The summed E-state index contributed by atoms with van der Waals surface area (Å²) >= 11 is 9.41. The number of methoxy groups -OCH3 is 1. The Morgan fingerprint density at radius 1 is 1.19 bits per heavy atom. The molecule has 1 aliphatic rings. The number of furan rings is 1. The van der Waals surface area contributed by atoms with Crippen molar-refractivity contribution in [2.24, 2.45) is 0 Å². The van der Waals surface area contributed by atoms with Crippen LogP contribution >= 0.6 is 27.5 Å². The van der Waals surface area contributed by atoms with Crippen LogP contribution in [0.2, 0.25) is 5.02 Å². The molecule has 1 saturated heterocycles. The number of rotatable bonds is 5. The second-order valence-electron chi connectivity index (χ2n) is 6.91. The van der Waals surface area contributed by atoms with E-state index in [9.17, 15) is 14.7 Å². The molecule has 1 amide bonds. The van der Waals surface area contributed by atoms with Crippen LogP contribution in [0.1, 0.15) is 22.9 Å². The Kier molecular flexibility index (Phi) is 5.89. The van der Waals surface area contributed by atoms with Crippen molar-refractivity contribution < 1.29 is 23.8 Å².